The first kappa shape index (κ1) is 19.8. The second-order valence-electron chi connectivity index (χ2n) is 6.57. The van der Waals surface area contributed by atoms with Crippen molar-refractivity contribution >= 4 is 44.2 Å². The van der Waals surface area contributed by atoms with Gasteiger partial charge in [-0.2, -0.15) is 0 Å². The number of ether oxygens (including phenoxy) is 1. The number of hydrogen-bond acceptors (Lipinski definition) is 5. The van der Waals surface area contributed by atoms with E-state index in [9.17, 15) is 9.59 Å². The smallest absolute Gasteiger partial charge is 0.262 e. The molecule has 0 bridgehead atoms. The summed E-state index contributed by atoms with van der Waals surface area (Å²) in [6.45, 7) is 5.64. The molecule has 7 heteroatoms. The van der Waals surface area contributed by atoms with Crippen LogP contribution in [0.2, 0.25) is 0 Å². The number of benzene rings is 2. The number of carbonyl (C=O) groups is 2. The maximum absolute atomic E-state index is 12.3. The average Bonchev–Trinajstić information content (AvgIpc) is 3.06. The van der Waals surface area contributed by atoms with Gasteiger partial charge in [-0.25, -0.2) is 4.98 Å². The maximum Gasteiger partial charge on any atom is 0.262 e. The van der Waals surface area contributed by atoms with Gasteiger partial charge in [-0.3, -0.25) is 9.59 Å². The summed E-state index contributed by atoms with van der Waals surface area (Å²) in [4.78, 5) is 27.8. The Hall–Kier alpha value is -2.93. The summed E-state index contributed by atoms with van der Waals surface area (Å²) in [5.74, 6) is 0.711. The number of aromatic nitrogens is 1. The predicted molar refractivity (Wildman–Crippen MR) is 113 cm³/mol. The Morgan fingerprint density at radius 2 is 1.96 bits per heavy atom. The van der Waals surface area contributed by atoms with Gasteiger partial charge in [0.05, 0.1) is 10.2 Å². The number of para-hydroxylation sites is 1. The highest BCUT2D eigenvalue weighted by molar-refractivity contribution is 7.22. The molecule has 0 saturated carbocycles. The van der Waals surface area contributed by atoms with E-state index < -0.39 is 0 Å². The second kappa shape index (κ2) is 8.84. The Balaban J connectivity index is 1.64. The van der Waals surface area contributed by atoms with Crippen LogP contribution in [0.5, 0.6) is 5.75 Å². The largest absolute Gasteiger partial charge is 0.483 e. The SMILES string of the molecule is CCC(C)c1ccccc1OCC(=O)Nc1ccc2nc(NC(C)=O)sc2c1. The van der Waals surface area contributed by atoms with Gasteiger partial charge in [-0.15, -0.1) is 0 Å². The number of nitrogens with one attached hydrogen (secondary N) is 2. The quantitative estimate of drug-likeness (QED) is 0.601. The molecular formula is C21H23N3O3S. The summed E-state index contributed by atoms with van der Waals surface area (Å²) in [5.41, 5.74) is 2.54. The monoisotopic (exact) mass is 397 g/mol. The minimum atomic E-state index is -0.232. The zero-order valence-electron chi connectivity index (χ0n) is 16.1. The third-order valence-corrected chi connectivity index (χ3v) is 5.31. The molecule has 0 spiro atoms. The molecule has 0 aliphatic rings. The van der Waals surface area contributed by atoms with Gasteiger partial charge in [0.15, 0.2) is 11.7 Å². The first-order valence-corrected chi connectivity index (χ1v) is 9.97. The van der Waals surface area contributed by atoms with Gasteiger partial charge in [0.2, 0.25) is 5.91 Å². The molecule has 1 heterocycles. The van der Waals surface area contributed by atoms with Crippen molar-refractivity contribution < 1.29 is 14.3 Å². The number of amides is 2. The van der Waals surface area contributed by atoms with Crippen LogP contribution in [0.1, 0.15) is 38.7 Å². The van der Waals surface area contributed by atoms with Crippen molar-refractivity contribution in [1.82, 2.24) is 4.98 Å². The van der Waals surface area contributed by atoms with Gasteiger partial charge in [0.25, 0.3) is 5.91 Å². The fourth-order valence-electron chi connectivity index (χ4n) is 2.79. The van der Waals surface area contributed by atoms with Crippen molar-refractivity contribution in [3.8, 4) is 5.75 Å². The molecular weight excluding hydrogens is 374 g/mol. The van der Waals surface area contributed by atoms with Crippen LogP contribution in [0.4, 0.5) is 10.8 Å². The number of rotatable bonds is 7. The first-order chi connectivity index (χ1) is 13.5. The highest BCUT2D eigenvalue weighted by atomic mass is 32.1. The molecule has 1 aromatic heterocycles. The highest BCUT2D eigenvalue weighted by Crippen LogP contribution is 2.29. The van der Waals surface area contributed by atoms with E-state index in [2.05, 4.69) is 29.5 Å². The molecule has 0 fully saturated rings. The fourth-order valence-corrected chi connectivity index (χ4v) is 3.74. The number of thiazole rings is 1. The van der Waals surface area contributed by atoms with Gasteiger partial charge >= 0.3 is 0 Å². The molecule has 1 unspecified atom stereocenters. The first-order valence-electron chi connectivity index (χ1n) is 9.16. The lowest BCUT2D eigenvalue weighted by Crippen LogP contribution is -2.20. The fraction of sp³-hybridized carbons (Fsp3) is 0.286. The van der Waals surface area contributed by atoms with Crippen molar-refractivity contribution in [2.24, 2.45) is 0 Å². The van der Waals surface area contributed by atoms with Gasteiger partial charge in [0, 0.05) is 12.6 Å². The van der Waals surface area contributed by atoms with E-state index in [1.165, 1.54) is 18.3 Å². The van der Waals surface area contributed by atoms with Gasteiger partial charge in [0.1, 0.15) is 5.75 Å². The van der Waals surface area contributed by atoms with Crippen LogP contribution >= 0.6 is 11.3 Å². The normalized spacial score (nSPS) is 11.8. The summed E-state index contributed by atoms with van der Waals surface area (Å²) in [6, 6.07) is 13.2. The lowest BCUT2D eigenvalue weighted by molar-refractivity contribution is -0.118. The van der Waals surface area contributed by atoms with Gasteiger partial charge < -0.3 is 15.4 Å². The number of fused-ring (bicyclic) bond motifs is 1. The van der Waals surface area contributed by atoms with Gasteiger partial charge in [-0.05, 0) is 42.2 Å². The molecule has 2 aromatic carbocycles. The molecule has 3 aromatic rings. The zero-order chi connectivity index (χ0) is 20.1. The number of nitrogens with zero attached hydrogens (tertiary/aromatic N) is 1. The van der Waals surface area contributed by atoms with E-state index in [0.29, 0.717) is 16.7 Å². The highest BCUT2D eigenvalue weighted by Gasteiger charge is 2.12. The lowest BCUT2D eigenvalue weighted by Gasteiger charge is -2.15. The predicted octanol–water partition coefficient (Wildman–Crippen LogP) is 4.79. The number of hydrogen-bond donors (Lipinski definition) is 2. The molecule has 0 aliphatic carbocycles. The number of anilines is 2. The third kappa shape index (κ3) is 4.86. The maximum atomic E-state index is 12.3. The molecule has 1 atom stereocenters. The standard InChI is InChI=1S/C21H23N3O3S/c1-4-13(2)16-7-5-6-8-18(16)27-12-20(26)23-15-9-10-17-19(11-15)28-21(24-17)22-14(3)25/h5-11,13H,4,12H2,1-3H3,(H,23,26)(H,22,24,25). The van der Waals surface area contributed by atoms with Crippen molar-refractivity contribution in [2.45, 2.75) is 33.1 Å². The minimum absolute atomic E-state index is 0.0642. The second-order valence-corrected chi connectivity index (χ2v) is 7.60. The Bertz CT molecular complexity index is 999. The summed E-state index contributed by atoms with van der Waals surface area (Å²) >= 11 is 1.36. The number of carbonyl (C=O) groups excluding carboxylic acids is 2. The van der Waals surface area contributed by atoms with Crippen molar-refractivity contribution in [2.75, 3.05) is 17.2 Å². The van der Waals surface area contributed by atoms with E-state index >= 15 is 0 Å². The molecule has 0 aliphatic heterocycles. The Morgan fingerprint density at radius 3 is 2.71 bits per heavy atom. The summed E-state index contributed by atoms with van der Waals surface area (Å²) in [6.07, 6.45) is 1.00. The van der Waals surface area contributed by atoms with E-state index in [1.54, 1.807) is 6.07 Å². The van der Waals surface area contributed by atoms with Crippen LogP contribution in [0.15, 0.2) is 42.5 Å². The van der Waals surface area contributed by atoms with E-state index in [1.807, 2.05) is 36.4 Å². The van der Waals surface area contributed by atoms with Crippen LogP contribution in [0.25, 0.3) is 10.2 Å². The molecule has 2 amide bonds. The summed E-state index contributed by atoms with van der Waals surface area (Å²) in [5, 5.41) is 6.06. The van der Waals surface area contributed by atoms with E-state index in [-0.39, 0.29) is 18.4 Å². The van der Waals surface area contributed by atoms with Crippen molar-refractivity contribution in [3.05, 3.63) is 48.0 Å². The molecule has 3 rings (SSSR count). The molecule has 146 valence electrons. The van der Waals surface area contributed by atoms with Crippen LogP contribution in [-0.4, -0.2) is 23.4 Å². The Kier molecular flexibility index (Phi) is 6.26. The van der Waals surface area contributed by atoms with E-state index in [0.717, 1.165) is 28.0 Å². The van der Waals surface area contributed by atoms with Crippen LogP contribution in [-0.2, 0) is 9.59 Å². The minimum Gasteiger partial charge on any atom is -0.483 e. The topological polar surface area (TPSA) is 80.3 Å². The van der Waals surface area contributed by atoms with Crippen molar-refractivity contribution in [1.29, 1.82) is 0 Å². The summed E-state index contributed by atoms with van der Waals surface area (Å²) < 4.78 is 6.64. The van der Waals surface area contributed by atoms with Gasteiger partial charge in [-0.1, -0.05) is 43.4 Å². The molecule has 6 nitrogen and oxygen atoms in total. The van der Waals surface area contributed by atoms with Crippen LogP contribution in [0, 0.1) is 0 Å². The average molecular weight is 398 g/mol. The summed E-state index contributed by atoms with van der Waals surface area (Å²) in [7, 11) is 0. The van der Waals surface area contributed by atoms with Crippen LogP contribution < -0.4 is 15.4 Å². The Morgan fingerprint density at radius 1 is 1.18 bits per heavy atom. The third-order valence-electron chi connectivity index (χ3n) is 4.38. The molecule has 28 heavy (non-hydrogen) atoms. The van der Waals surface area contributed by atoms with Crippen LogP contribution in [0.3, 0.4) is 0 Å². The lowest BCUT2D eigenvalue weighted by atomic mass is 9.98. The van der Waals surface area contributed by atoms with E-state index in [4.69, 9.17) is 4.74 Å². The molecule has 2 N–H and O–H groups in total. The Labute approximate surface area is 167 Å². The zero-order valence-corrected chi connectivity index (χ0v) is 16.9. The molecule has 0 saturated heterocycles. The van der Waals surface area contributed by atoms with Crippen molar-refractivity contribution in [3.63, 3.8) is 0 Å². The molecule has 0 radical (unpaired) electrons.